The zero-order valence-electron chi connectivity index (χ0n) is 14.5. The zero-order chi connectivity index (χ0) is 18.7. The number of aromatic nitrogens is 1. The van der Waals surface area contributed by atoms with Gasteiger partial charge in [-0.1, -0.05) is 0 Å². The van der Waals surface area contributed by atoms with Crippen molar-refractivity contribution in [3.05, 3.63) is 53.6 Å². The number of carbonyl (C=O) groups excluding carboxylic acids is 2. The summed E-state index contributed by atoms with van der Waals surface area (Å²) in [6.45, 7) is 1.79. The summed E-state index contributed by atoms with van der Waals surface area (Å²) in [4.78, 5) is 30.0. The van der Waals surface area contributed by atoms with Gasteiger partial charge in [-0.05, 0) is 42.8 Å². The molecule has 0 fully saturated rings. The van der Waals surface area contributed by atoms with E-state index in [1.54, 1.807) is 25.3 Å². The Morgan fingerprint density at radius 1 is 1.46 bits per heavy atom. The minimum Gasteiger partial charge on any atom is -0.495 e. The first kappa shape index (κ1) is 17.7. The Labute approximate surface area is 150 Å². The maximum absolute atomic E-state index is 13.4. The third kappa shape index (κ3) is 3.74. The number of fused-ring (bicyclic) bond motifs is 1. The lowest BCUT2D eigenvalue weighted by molar-refractivity contribution is -0.122. The van der Waals surface area contributed by atoms with Crippen LogP contribution < -0.4 is 15.4 Å². The van der Waals surface area contributed by atoms with E-state index < -0.39 is 12.1 Å². The maximum atomic E-state index is 13.4. The van der Waals surface area contributed by atoms with Crippen molar-refractivity contribution in [1.82, 2.24) is 15.2 Å². The minimum atomic E-state index is -0.401. The average Bonchev–Trinajstić information content (AvgIpc) is 2.62. The molecule has 0 aliphatic carbocycles. The number of pyridine rings is 1. The van der Waals surface area contributed by atoms with Gasteiger partial charge in [-0.3, -0.25) is 9.78 Å². The number of halogens is 1. The molecule has 8 heteroatoms. The van der Waals surface area contributed by atoms with Crippen LogP contribution in [0.1, 0.15) is 24.2 Å². The van der Waals surface area contributed by atoms with Crippen molar-refractivity contribution in [3.63, 3.8) is 0 Å². The standard InChI is InChI=1S/C18H19FN4O3/c1-11(17-15(26-2)4-3-7-20-17)21-16(24)10-23-9-12-8-13(19)5-6-14(12)22-18(23)25/h3-8,11H,9-10H2,1-2H3,(H,21,24)(H,22,25)/t11-/m1/s1. The van der Waals surface area contributed by atoms with E-state index in [1.807, 2.05) is 0 Å². The number of methoxy groups -OCH3 is 1. The number of anilines is 1. The van der Waals surface area contributed by atoms with Crippen molar-refractivity contribution < 1.29 is 18.7 Å². The second-order valence-electron chi connectivity index (χ2n) is 5.97. The molecular weight excluding hydrogens is 339 g/mol. The van der Waals surface area contributed by atoms with Gasteiger partial charge in [-0.15, -0.1) is 0 Å². The van der Waals surface area contributed by atoms with Gasteiger partial charge < -0.3 is 20.3 Å². The third-order valence-electron chi connectivity index (χ3n) is 4.10. The fourth-order valence-electron chi connectivity index (χ4n) is 2.84. The Hall–Kier alpha value is -3.16. The van der Waals surface area contributed by atoms with E-state index >= 15 is 0 Å². The van der Waals surface area contributed by atoms with Crippen LogP contribution in [0.3, 0.4) is 0 Å². The van der Waals surface area contributed by atoms with Gasteiger partial charge in [0.15, 0.2) is 0 Å². The number of hydrogen-bond donors (Lipinski definition) is 2. The Morgan fingerprint density at radius 3 is 3.04 bits per heavy atom. The Morgan fingerprint density at radius 2 is 2.27 bits per heavy atom. The monoisotopic (exact) mass is 358 g/mol. The summed E-state index contributed by atoms with van der Waals surface area (Å²) in [5.41, 5.74) is 1.77. The molecule has 2 aromatic rings. The predicted octanol–water partition coefficient (Wildman–Crippen LogP) is 2.45. The smallest absolute Gasteiger partial charge is 0.322 e. The molecule has 0 unspecified atom stereocenters. The summed E-state index contributed by atoms with van der Waals surface area (Å²) in [5, 5.41) is 5.45. The van der Waals surface area contributed by atoms with Crippen molar-refractivity contribution in [2.45, 2.75) is 19.5 Å². The molecule has 2 N–H and O–H groups in total. The topological polar surface area (TPSA) is 83.6 Å². The normalized spacial score (nSPS) is 14.3. The van der Waals surface area contributed by atoms with E-state index in [0.29, 0.717) is 22.7 Å². The molecule has 1 atom stereocenters. The fraction of sp³-hybridized carbons (Fsp3) is 0.278. The molecule has 3 rings (SSSR count). The molecule has 1 aliphatic heterocycles. The highest BCUT2D eigenvalue weighted by Gasteiger charge is 2.25. The highest BCUT2D eigenvalue weighted by Crippen LogP contribution is 2.24. The molecule has 0 spiro atoms. The summed E-state index contributed by atoms with van der Waals surface area (Å²) < 4.78 is 18.6. The molecule has 7 nitrogen and oxygen atoms in total. The van der Waals surface area contributed by atoms with Crippen molar-refractivity contribution in [2.24, 2.45) is 0 Å². The molecule has 0 saturated heterocycles. The van der Waals surface area contributed by atoms with Crippen molar-refractivity contribution >= 4 is 17.6 Å². The lowest BCUT2D eigenvalue weighted by Gasteiger charge is -2.29. The summed E-state index contributed by atoms with van der Waals surface area (Å²) in [6, 6.07) is 6.85. The number of nitrogens with zero attached hydrogens (tertiary/aromatic N) is 2. The first-order valence-electron chi connectivity index (χ1n) is 8.10. The molecule has 1 aliphatic rings. The number of nitrogens with one attached hydrogen (secondary N) is 2. The van der Waals surface area contributed by atoms with E-state index in [0.717, 1.165) is 0 Å². The van der Waals surface area contributed by atoms with Crippen LogP contribution in [-0.2, 0) is 11.3 Å². The van der Waals surface area contributed by atoms with E-state index in [2.05, 4.69) is 15.6 Å². The van der Waals surface area contributed by atoms with Crippen LogP contribution in [0.2, 0.25) is 0 Å². The van der Waals surface area contributed by atoms with Crippen LogP contribution in [-0.4, -0.2) is 35.5 Å². The fourth-order valence-corrected chi connectivity index (χ4v) is 2.84. The first-order valence-corrected chi connectivity index (χ1v) is 8.10. The second-order valence-corrected chi connectivity index (χ2v) is 5.97. The van der Waals surface area contributed by atoms with Gasteiger partial charge in [-0.25, -0.2) is 9.18 Å². The number of amides is 3. The van der Waals surface area contributed by atoms with Gasteiger partial charge >= 0.3 is 6.03 Å². The van der Waals surface area contributed by atoms with E-state index in [1.165, 1.54) is 30.2 Å². The molecule has 1 aromatic heterocycles. The van der Waals surface area contributed by atoms with Gasteiger partial charge in [0.1, 0.15) is 23.8 Å². The number of carbonyl (C=O) groups is 2. The summed E-state index contributed by atoms with van der Waals surface area (Å²) in [5.74, 6) is -0.166. The largest absolute Gasteiger partial charge is 0.495 e. The summed E-state index contributed by atoms with van der Waals surface area (Å²) in [7, 11) is 1.53. The third-order valence-corrected chi connectivity index (χ3v) is 4.10. The van der Waals surface area contributed by atoms with Gasteiger partial charge in [-0.2, -0.15) is 0 Å². The molecular formula is C18H19FN4O3. The SMILES string of the molecule is COc1cccnc1[C@@H](C)NC(=O)CN1Cc2cc(F)ccc2NC1=O. The van der Waals surface area contributed by atoms with E-state index in [-0.39, 0.29) is 24.8 Å². The van der Waals surface area contributed by atoms with E-state index in [4.69, 9.17) is 4.74 Å². The number of benzene rings is 1. The molecule has 3 amide bonds. The quantitative estimate of drug-likeness (QED) is 0.860. The van der Waals surface area contributed by atoms with Gasteiger partial charge in [0.05, 0.1) is 19.7 Å². The van der Waals surface area contributed by atoms with Crippen molar-refractivity contribution in [1.29, 1.82) is 0 Å². The number of rotatable bonds is 5. The molecule has 0 saturated carbocycles. The summed E-state index contributed by atoms with van der Waals surface area (Å²) in [6.07, 6.45) is 1.62. The van der Waals surface area contributed by atoms with Crippen LogP contribution >= 0.6 is 0 Å². The first-order chi connectivity index (χ1) is 12.5. The average molecular weight is 358 g/mol. The van der Waals surface area contributed by atoms with Gasteiger partial charge in [0.25, 0.3) is 0 Å². The number of ether oxygens (including phenoxy) is 1. The lowest BCUT2D eigenvalue weighted by Crippen LogP contribution is -2.45. The summed E-state index contributed by atoms with van der Waals surface area (Å²) >= 11 is 0. The highest BCUT2D eigenvalue weighted by molar-refractivity contribution is 5.94. The lowest BCUT2D eigenvalue weighted by atomic mass is 10.1. The van der Waals surface area contributed by atoms with Crippen LogP contribution in [0.15, 0.2) is 36.5 Å². The Kier molecular flexibility index (Phi) is 5.01. The molecule has 1 aromatic carbocycles. The van der Waals surface area contributed by atoms with Crippen molar-refractivity contribution in [2.75, 3.05) is 19.0 Å². The molecule has 2 heterocycles. The Bertz CT molecular complexity index is 843. The Balaban J connectivity index is 1.65. The van der Waals surface area contributed by atoms with Gasteiger partial charge in [0, 0.05) is 11.9 Å². The molecule has 26 heavy (non-hydrogen) atoms. The number of hydrogen-bond acceptors (Lipinski definition) is 4. The van der Waals surface area contributed by atoms with Crippen molar-refractivity contribution in [3.8, 4) is 5.75 Å². The highest BCUT2D eigenvalue weighted by atomic mass is 19.1. The van der Waals surface area contributed by atoms with Crippen LogP contribution in [0.25, 0.3) is 0 Å². The van der Waals surface area contributed by atoms with Crippen LogP contribution in [0.4, 0.5) is 14.9 Å². The zero-order valence-corrected chi connectivity index (χ0v) is 14.5. The minimum absolute atomic E-state index is 0.152. The number of urea groups is 1. The van der Waals surface area contributed by atoms with E-state index in [9.17, 15) is 14.0 Å². The van der Waals surface area contributed by atoms with Gasteiger partial charge in [0.2, 0.25) is 5.91 Å². The van der Waals surface area contributed by atoms with Crippen LogP contribution in [0, 0.1) is 5.82 Å². The second kappa shape index (κ2) is 7.38. The predicted molar refractivity (Wildman–Crippen MR) is 93.2 cm³/mol. The molecule has 0 bridgehead atoms. The molecule has 136 valence electrons. The molecule has 0 radical (unpaired) electrons. The maximum Gasteiger partial charge on any atom is 0.322 e. The van der Waals surface area contributed by atoms with Crippen LogP contribution in [0.5, 0.6) is 5.75 Å².